The predicted octanol–water partition coefficient (Wildman–Crippen LogP) is 2.97. The van der Waals surface area contributed by atoms with Gasteiger partial charge in [-0.2, -0.15) is 5.26 Å². The van der Waals surface area contributed by atoms with Gasteiger partial charge in [-0.1, -0.05) is 6.07 Å². The second-order valence-electron chi connectivity index (χ2n) is 5.28. The van der Waals surface area contributed by atoms with Gasteiger partial charge in [0.15, 0.2) is 6.10 Å². The van der Waals surface area contributed by atoms with Crippen LogP contribution in [0.25, 0.3) is 0 Å². The lowest BCUT2D eigenvalue weighted by molar-refractivity contribution is -0.138. The molecule has 3 rings (SSSR count). The molecule has 0 radical (unpaired) electrons. The normalized spacial score (nSPS) is 14.8. The van der Waals surface area contributed by atoms with E-state index in [0.29, 0.717) is 17.9 Å². The number of rotatable bonds is 3. The number of nitrogens with zero attached hydrogens (tertiary/aromatic N) is 2. The van der Waals surface area contributed by atoms with Crippen LogP contribution in [0, 0.1) is 11.3 Å². The molecule has 5 heteroatoms. The Bertz CT molecular complexity index is 732. The van der Waals surface area contributed by atoms with Crippen LogP contribution < -0.4 is 4.74 Å². The molecule has 22 heavy (non-hydrogen) atoms. The van der Waals surface area contributed by atoms with Crippen LogP contribution in [0.15, 0.2) is 35.7 Å². The average Bonchev–Trinajstić information content (AvgIpc) is 3.01. The summed E-state index contributed by atoms with van der Waals surface area (Å²) in [7, 11) is 0. The van der Waals surface area contributed by atoms with E-state index in [1.165, 1.54) is 10.4 Å². The molecule has 4 nitrogen and oxygen atoms in total. The van der Waals surface area contributed by atoms with Gasteiger partial charge in [0.1, 0.15) is 5.75 Å². The van der Waals surface area contributed by atoms with Crippen LogP contribution in [0.4, 0.5) is 0 Å². The Hall–Kier alpha value is -2.32. The van der Waals surface area contributed by atoms with E-state index in [1.54, 1.807) is 42.5 Å². The molecular weight excluding hydrogens is 296 g/mol. The SMILES string of the molecule is CC(Oc1cccc(C#N)c1)C(=O)N1CCc2sccc2C1. The molecule has 0 saturated heterocycles. The van der Waals surface area contributed by atoms with Gasteiger partial charge in [0.05, 0.1) is 11.6 Å². The number of fused-ring (bicyclic) bond motifs is 1. The summed E-state index contributed by atoms with van der Waals surface area (Å²) < 4.78 is 5.70. The van der Waals surface area contributed by atoms with E-state index >= 15 is 0 Å². The molecule has 1 amide bonds. The van der Waals surface area contributed by atoms with Crippen LogP contribution in [0.3, 0.4) is 0 Å². The third-order valence-electron chi connectivity index (χ3n) is 3.74. The van der Waals surface area contributed by atoms with Crippen molar-refractivity contribution < 1.29 is 9.53 Å². The number of ether oxygens (including phenoxy) is 1. The summed E-state index contributed by atoms with van der Waals surface area (Å²) in [6, 6.07) is 11.0. The third kappa shape index (κ3) is 2.97. The minimum Gasteiger partial charge on any atom is -0.481 e. The van der Waals surface area contributed by atoms with Crippen molar-refractivity contribution >= 4 is 17.2 Å². The van der Waals surface area contributed by atoms with Crippen LogP contribution >= 0.6 is 11.3 Å². The molecule has 0 spiro atoms. The van der Waals surface area contributed by atoms with E-state index < -0.39 is 6.10 Å². The number of carbonyl (C=O) groups is 1. The number of hydrogen-bond donors (Lipinski definition) is 0. The maximum absolute atomic E-state index is 12.5. The Kier molecular flexibility index (Phi) is 4.12. The fourth-order valence-electron chi connectivity index (χ4n) is 2.59. The first-order chi connectivity index (χ1) is 10.7. The molecule has 1 aromatic heterocycles. The number of thiophene rings is 1. The van der Waals surface area contributed by atoms with Crippen molar-refractivity contribution in [2.24, 2.45) is 0 Å². The zero-order valence-corrected chi connectivity index (χ0v) is 13.1. The first kappa shape index (κ1) is 14.6. The second kappa shape index (κ2) is 6.20. The Morgan fingerprint density at radius 2 is 2.32 bits per heavy atom. The highest BCUT2D eigenvalue weighted by atomic mass is 32.1. The van der Waals surface area contributed by atoms with Gasteiger partial charge in [-0.3, -0.25) is 4.79 Å². The Morgan fingerprint density at radius 1 is 1.45 bits per heavy atom. The number of nitriles is 1. The van der Waals surface area contributed by atoms with Gasteiger partial charge in [-0.25, -0.2) is 0 Å². The van der Waals surface area contributed by atoms with Gasteiger partial charge in [0.2, 0.25) is 0 Å². The van der Waals surface area contributed by atoms with Gasteiger partial charge in [-0.05, 0) is 48.6 Å². The van der Waals surface area contributed by atoms with Crippen molar-refractivity contribution in [1.29, 1.82) is 5.26 Å². The summed E-state index contributed by atoms with van der Waals surface area (Å²) in [5, 5.41) is 11.0. The highest BCUT2D eigenvalue weighted by molar-refractivity contribution is 7.10. The largest absolute Gasteiger partial charge is 0.481 e. The molecule has 0 aliphatic carbocycles. The van der Waals surface area contributed by atoms with Crippen molar-refractivity contribution in [1.82, 2.24) is 4.90 Å². The van der Waals surface area contributed by atoms with Crippen LogP contribution in [-0.2, 0) is 17.8 Å². The summed E-state index contributed by atoms with van der Waals surface area (Å²) in [5.41, 5.74) is 1.77. The maximum atomic E-state index is 12.5. The molecule has 0 saturated carbocycles. The lowest BCUT2D eigenvalue weighted by Crippen LogP contribution is -2.42. The first-order valence-corrected chi connectivity index (χ1v) is 8.06. The quantitative estimate of drug-likeness (QED) is 0.875. The van der Waals surface area contributed by atoms with Crippen molar-refractivity contribution in [3.8, 4) is 11.8 Å². The minimum absolute atomic E-state index is 0.0146. The van der Waals surface area contributed by atoms with Crippen molar-refractivity contribution in [2.75, 3.05) is 6.54 Å². The van der Waals surface area contributed by atoms with E-state index in [9.17, 15) is 4.79 Å². The summed E-state index contributed by atoms with van der Waals surface area (Å²) in [6.07, 6.45) is 0.351. The van der Waals surface area contributed by atoms with E-state index in [2.05, 4.69) is 17.5 Å². The topological polar surface area (TPSA) is 53.3 Å². The van der Waals surface area contributed by atoms with E-state index in [4.69, 9.17) is 10.00 Å². The zero-order chi connectivity index (χ0) is 15.5. The molecule has 2 heterocycles. The monoisotopic (exact) mass is 312 g/mol. The summed E-state index contributed by atoms with van der Waals surface area (Å²) in [6.45, 7) is 3.15. The molecule has 0 bridgehead atoms. The summed E-state index contributed by atoms with van der Waals surface area (Å²) >= 11 is 1.75. The van der Waals surface area contributed by atoms with Gasteiger partial charge in [0, 0.05) is 18.0 Å². The zero-order valence-electron chi connectivity index (χ0n) is 12.3. The lowest BCUT2D eigenvalue weighted by Gasteiger charge is -2.29. The molecule has 1 aliphatic rings. The minimum atomic E-state index is -0.561. The molecular formula is C17H16N2O2S. The van der Waals surface area contributed by atoms with Crippen LogP contribution in [0.5, 0.6) is 5.75 Å². The molecule has 1 aliphatic heterocycles. The molecule has 1 atom stereocenters. The number of hydrogen-bond acceptors (Lipinski definition) is 4. The van der Waals surface area contributed by atoms with E-state index in [-0.39, 0.29) is 5.91 Å². The first-order valence-electron chi connectivity index (χ1n) is 7.18. The van der Waals surface area contributed by atoms with Crippen LogP contribution in [0.2, 0.25) is 0 Å². The molecule has 1 unspecified atom stereocenters. The van der Waals surface area contributed by atoms with E-state index in [0.717, 1.165) is 13.0 Å². The summed E-state index contributed by atoms with van der Waals surface area (Å²) in [4.78, 5) is 15.7. The van der Waals surface area contributed by atoms with Gasteiger partial charge >= 0.3 is 0 Å². The predicted molar refractivity (Wildman–Crippen MR) is 84.7 cm³/mol. The molecule has 2 aromatic rings. The number of carbonyl (C=O) groups excluding carboxylic acids is 1. The fraction of sp³-hybridized carbons (Fsp3) is 0.294. The maximum Gasteiger partial charge on any atom is 0.263 e. The van der Waals surface area contributed by atoms with Crippen molar-refractivity contribution in [3.63, 3.8) is 0 Å². The number of amides is 1. The van der Waals surface area contributed by atoms with Crippen molar-refractivity contribution in [2.45, 2.75) is 26.0 Å². The van der Waals surface area contributed by atoms with Gasteiger partial charge in [0.25, 0.3) is 5.91 Å². The third-order valence-corrected chi connectivity index (χ3v) is 4.77. The standard InChI is InChI=1S/C17H16N2O2S/c1-12(21-15-4-2-3-13(9-15)10-18)17(20)19-7-5-16-14(11-19)6-8-22-16/h2-4,6,8-9,12H,5,7,11H2,1H3. The molecule has 112 valence electrons. The lowest BCUT2D eigenvalue weighted by atomic mass is 10.1. The highest BCUT2D eigenvalue weighted by Gasteiger charge is 2.26. The molecule has 0 fully saturated rings. The van der Waals surface area contributed by atoms with Crippen LogP contribution in [-0.4, -0.2) is 23.5 Å². The average molecular weight is 312 g/mol. The molecule has 1 aromatic carbocycles. The fourth-order valence-corrected chi connectivity index (χ4v) is 3.48. The Balaban J connectivity index is 1.66. The Labute approximate surface area is 133 Å². The van der Waals surface area contributed by atoms with Gasteiger partial charge in [-0.15, -0.1) is 11.3 Å². The van der Waals surface area contributed by atoms with Crippen molar-refractivity contribution in [3.05, 3.63) is 51.7 Å². The summed E-state index contributed by atoms with van der Waals surface area (Å²) in [5.74, 6) is 0.535. The highest BCUT2D eigenvalue weighted by Crippen LogP contribution is 2.25. The Morgan fingerprint density at radius 3 is 3.14 bits per heavy atom. The smallest absolute Gasteiger partial charge is 0.263 e. The number of benzene rings is 1. The molecule has 0 N–H and O–H groups in total. The van der Waals surface area contributed by atoms with E-state index in [1.807, 2.05) is 4.90 Å². The van der Waals surface area contributed by atoms with Gasteiger partial charge < -0.3 is 9.64 Å². The van der Waals surface area contributed by atoms with Crippen LogP contribution in [0.1, 0.15) is 22.9 Å². The second-order valence-corrected chi connectivity index (χ2v) is 6.28.